The summed E-state index contributed by atoms with van der Waals surface area (Å²) in [5.74, 6) is -1.20. The van der Waals surface area contributed by atoms with E-state index < -0.39 is 21.8 Å². The van der Waals surface area contributed by atoms with E-state index in [0.29, 0.717) is 0 Å². The number of rotatable bonds is 6. The van der Waals surface area contributed by atoms with Crippen LogP contribution in [0.2, 0.25) is 0 Å². The summed E-state index contributed by atoms with van der Waals surface area (Å²) in [7, 11) is -2.57. The predicted octanol–water partition coefficient (Wildman–Crippen LogP) is 1.74. The first kappa shape index (κ1) is 17.9. The normalized spacial score (nSPS) is 11.7. The maximum absolute atomic E-state index is 13.3. The number of nitrogen functional groups attached to an aromatic ring is 1. The Hall–Kier alpha value is -1.19. The molecule has 0 bridgehead atoms. The van der Waals surface area contributed by atoms with Crippen LogP contribution in [0.1, 0.15) is 13.3 Å². The van der Waals surface area contributed by atoms with E-state index in [1.807, 2.05) is 0 Å². The van der Waals surface area contributed by atoms with Gasteiger partial charge in [-0.1, -0.05) is 0 Å². The first-order valence-electron chi connectivity index (χ1n) is 6.06. The van der Waals surface area contributed by atoms with Crippen molar-refractivity contribution in [1.82, 2.24) is 4.31 Å². The van der Waals surface area contributed by atoms with Crippen LogP contribution in [-0.2, 0) is 19.6 Å². The number of carbonyl (C=O) groups excluding carboxylic acids is 1. The molecule has 9 heteroatoms. The smallest absolute Gasteiger partial charge is 0.307 e. The van der Waals surface area contributed by atoms with Crippen molar-refractivity contribution in [1.29, 1.82) is 0 Å². The van der Waals surface area contributed by atoms with E-state index in [9.17, 15) is 17.6 Å². The Morgan fingerprint density at radius 2 is 2.10 bits per heavy atom. The number of nitrogens with zero attached hydrogens (tertiary/aromatic N) is 1. The number of hydrogen-bond acceptors (Lipinski definition) is 5. The molecule has 0 radical (unpaired) electrons. The summed E-state index contributed by atoms with van der Waals surface area (Å²) < 4.78 is 43.8. The molecule has 0 fully saturated rings. The minimum absolute atomic E-state index is 0.0507. The zero-order chi connectivity index (χ0) is 16.2. The zero-order valence-electron chi connectivity index (χ0n) is 11.6. The van der Waals surface area contributed by atoms with E-state index in [4.69, 9.17) is 10.5 Å². The molecule has 0 unspecified atom stereocenters. The number of sulfonamides is 1. The van der Waals surface area contributed by atoms with Crippen LogP contribution < -0.4 is 5.73 Å². The summed E-state index contributed by atoms with van der Waals surface area (Å²) >= 11 is 3.00. The van der Waals surface area contributed by atoms with Crippen LogP contribution in [0.15, 0.2) is 21.5 Å². The van der Waals surface area contributed by atoms with Gasteiger partial charge in [0.15, 0.2) is 0 Å². The predicted molar refractivity (Wildman–Crippen MR) is 79.6 cm³/mol. The Morgan fingerprint density at radius 3 is 2.67 bits per heavy atom. The average Bonchev–Trinajstić information content (AvgIpc) is 2.40. The molecule has 0 aliphatic heterocycles. The maximum Gasteiger partial charge on any atom is 0.307 e. The van der Waals surface area contributed by atoms with Crippen molar-refractivity contribution in [2.45, 2.75) is 18.2 Å². The Kier molecular flexibility index (Phi) is 6.11. The fourth-order valence-corrected chi connectivity index (χ4v) is 3.69. The highest BCUT2D eigenvalue weighted by atomic mass is 79.9. The lowest BCUT2D eigenvalue weighted by Crippen LogP contribution is -2.30. The standard InChI is InChI=1S/C12H16BrFN2O4S/c1-3-20-12(17)4-5-16(2)21(18,19)11-7-10(15)9(14)6-8(11)13/h6-7H,3-5,15H2,1-2H3. The summed E-state index contributed by atoms with van der Waals surface area (Å²) in [5.41, 5.74) is 5.13. The van der Waals surface area contributed by atoms with E-state index in [2.05, 4.69) is 15.9 Å². The quantitative estimate of drug-likeness (QED) is 0.597. The lowest BCUT2D eigenvalue weighted by molar-refractivity contribution is -0.143. The molecular weight excluding hydrogens is 367 g/mol. The number of benzene rings is 1. The Bertz CT molecular complexity index is 636. The number of anilines is 1. The fraction of sp³-hybridized carbons (Fsp3) is 0.417. The second-order valence-corrected chi connectivity index (χ2v) is 7.05. The SMILES string of the molecule is CCOC(=O)CCN(C)S(=O)(=O)c1cc(N)c(F)cc1Br. The van der Waals surface area contributed by atoms with Gasteiger partial charge in [0, 0.05) is 18.1 Å². The lowest BCUT2D eigenvalue weighted by atomic mass is 10.3. The molecule has 2 N–H and O–H groups in total. The van der Waals surface area contributed by atoms with Crippen molar-refractivity contribution in [3.8, 4) is 0 Å². The molecule has 0 aliphatic rings. The van der Waals surface area contributed by atoms with E-state index in [-0.39, 0.29) is 34.6 Å². The summed E-state index contributed by atoms with van der Waals surface area (Å²) in [6.45, 7) is 1.84. The minimum Gasteiger partial charge on any atom is -0.466 e. The van der Waals surface area contributed by atoms with Crippen LogP contribution in [0.3, 0.4) is 0 Å². The van der Waals surface area contributed by atoms with E-state index in [1.165, 1.54) is 7.05 Å². The summed E-state index contributed by atoms with van der Waals surface area (Å²) in [5, 5.41) is 0. The van der Waals surface area contributed by atoms with Gasteiger partial charge in [-0.3, -0.25) is 4.79 Å². The van der Waals surface area contributed by atoms with Gasteiger partial charge in [-0.05, 0) is 35.0 Å². The molecule has 0 aliphatic carbocycles. The highest BCUT2D eigenvalue weighted by Crippen LogP contribution is 2.28. The number of nitrogens with two attached hydrogens (primary N) is 1. The lowest BCUT2D eigenvalue weighted by Gasteiger charge is -2.18. The molecule has 21 heavy (non-hydrogen) atoms. The van der Waals surface area contributed by atoms with Gasteiger partial charge in [0.25, 0.3) is 0 Å². The number of carbonyl (C=O) groups is 1. The van der Waals surface area contributed by atoms with Crippen LogP contribution in [0.4, 0.5) is 10.1 Å². The van der Waals surface area contributed by atoms with Gasteiger partial charge in [0.1, 0.15) is 5.82 Å². The van der Waals surface area contributed by atoms with Crippen molar-refractivity contribution in [2.75, 3.05) is 25.9 Å². The van der Waals surface area contributed by atoms with Crippen molar-refractivity contribution in [3.63, 3.8) is 0 Å². The number of ether oxygens (including phenoxy) is 1. The Labute approximate surface area is 131 Å². The van der Waals surface area contributed by atoms with Gasteiger partial charge in [-0.25, -0.2) is 17.1 Å². The van der Waals surface area contributed by atoms with Crippen LogP contribution in [0, 0.1) is 5.82 Å². The molecule has 0 saturated carbocycles. The second-order valence-electron chi connectivity index (χ2n) is 4.19. The molecule has 118 valence electrons. The largest absolute Gasteiger partial charge is 0.466 e. The van der Waals surface area contributed by atoms with Crippen LogP contribution in [0.5, 0.6) is 0 Å². The summed E-state index contributed by atoms with van der Waals surface area (Å²) in [6, 6.07) is 2.02. The van der Waals surface area contributed by atoms with Crippen LogP contribution in [0.25, 0.3) is 0 Å². The van der Waals surface area contributed by atoms with Crippen molar-refractivity contribution in [3.05, 3.63) is 22.4 Å². The highest BCUT2D eigenvalue weighted by Gasteiger charge is 2.25. The Balaban J connectivity index is 2.95. The molecule has 0 spiro atoms. The first-order chi connectivity index (χ1) is 9.70. The molecule has 0 heterocycles. The highest BCUT2D eigenvalue weighted by molar-refractivity contribution is 9.10. The molecule has 1 rings (SSSR count). The minimum atomic E-state index is -3.89. The second kappa shape index (κ2) is 7.19. The third-order valence-corrected chi connectivity index (χ3v) is 5.49. The van der Waals surface area contributed by atoms with E-state index in [0.717, 1.165) is 16.4 Å². The third-order valence-electron chi connectivity index (χ3n) is 2.68. The number of esters is 1. The number of hydrogen-bond donors (Lipinski definition) is 1. The van der Waals surface area contributed by atoms with Gasteiger partial charge in [0.2, 0.25) is 10.0 Å². The monoisotopic (exact) mass is 382 g/mol. The Morgan fingerprint density at radius 1 is 1.48 bits per heavy atom. The molecule has 0 amide bonds. The molecule has 1 aromatic carbocycles. The molecule has 0 aromatic heterocycles. The average molecular weight is 383 g/mol. The molecular formula is C12H16BrFN2O4S. The molecule has 1 aromatic rings. The molecule has 0 atom stereocenters. The van der Waals surface area contributed by atoms with Crippen molar-refractivity contribution < 1.29 is 22.3 Å². The van der Waals surface area contributed by atoms with Gasteiger partial charge in [-0.2, -0.15) is 0 Å². The summed E-state index contributed by atoms with van der Waals surface area (Å²) in [6.07, 6.45) is -0.0716. The van der Waals surface area contributed by atoms with E-state index in [1.54, 1.807) is 6.92 Å². The maximum atomic E-state index is 13.3. The van der Waals surface area contributed by atoms with Gasteiger partial charge >= 0.3 is 5.97 Å². The summed E-state index contributed by atoms with van der Waals surface area (Å²) in [4.78, 5) is 11.1. The fourth-order valence-electron chi connectivity index (χ4n) is 1.51. The van der Waals surface area contributed by atoms with Crippen LogP contribution in [-0.4, -0.2) is 38.9 Å². The zero-order valence-corrected chi connectivity index (χ0v) is 14.0. The number of halogens is 2. The van der Waals surface area contributed by atoms with Crippen molar-refractivity contribution >= 4 is 37.6 Å². The van der Waals surface area contributed by atoms with Crippen molar-refractivity contribution in [2.24, 2.45) is 0 Å². The topological polar surface area (TPSA) is 89.7 Å². The van der Waals surface area contributed by atoms with Gasteiger partial charge < -0.3 is 10.5 Å². The first-order valence-corrected chi connectivity index (χ1v) is 8.30. The third kappa shape index (κ3) is 4.39. The molecule has 6 nitrogen and oxygen atoms in total. The van der Waals surface area contributed by atoms with Crippen LogP contribution >= 0.6 is 15.9 Å². The van der Waals surface area contributed by atoms with Gasteiger partial charge in [-0.15, -0.1) is 0 Å². The molecule has 0 saturated heterocycles. The van der Waals surface area contributed by atoms with E-state index >= 15 is 0 Å². The van der Waals surface area contributed by atoms with Gasteiger partial charge in [0.05, 0.1) is 23.6 Å².